The van der Waals surface area contributed by atoms with Gasteiger partial charge in [-0.15, -0.1) is 0 Å². The number of para-hydroxylation sites is 1. The predicted octanol–water partition coefficient (Wildman–Crippen LogP) is 1.56. The second-order valence-corrected chi connectivity index (χ2v) is 4.18. The third-order valence-corrected chi connectivity index (χ3v) is 2.95. The monoisotopic (exact) mass is 207 g/mol. The number of ether oxygens (including phenoxy) is 1. The maximum atomic E-state index is 9.43. The van der Waals surface area contributed by atoms with Crippen molar-refractivity contribution in [3.05, 3.63) is 29.8 Å². The standard InChI is InChI=1S/C12H17NO2/c1-10-4-2-3-5-11(10)13-12(8-14)6-7-15-9-12/h2-5,13-14H,6-9H2,1H3. The van der Waals surface area contributed by atoms with Gasteiger partial charge in [0.2, 0.25) is 0 Å². The highest BCUT2D eigenvalue weighted by atomic mass is 16.5. The summed E-state index contributed by atoms with van der Waals surface area (Å²) in [5.74, 6) is 0. The molecule has 0 amide bonds. The van der Waals surface area contributed by atoms with E-state index in [1.807, 2.05) is 18.2 Å². The van der Waals surface area contributed by atoms with E-state index in [1.54, 1.807) is 0 Å². The van der Waals surface area contributed by atoms with E-state index < -0.39 is 0 Å². The molecule has 0 aliphatic carbocycles. The van der Waals surface area contributed by atoms with Crippen LogP contribution in [0.1, 0.15) is 12.0 Å². The second-order valence-electron chi connectivity index (χ2n) is 4.18. The average molecular weight is 207 g/mol. The summed E-state index contributed by atoms with van der Waals surface area (Å²) in [6.45, 7) is 3.47. The second kappa shape index (κ2) is 4.21. The number of benzene rings is 1. The Balaban J connectivity index is 2.16. The smallest absolute Gasteiger partial charge is 0.0859 e. The van der Waals surface area contributed by atoms with Crippen molar-refractivity contribution < 1.29 is 9.84 Å². The lowest BCUT2D eigenvalue weighted by molar-refractivity contribution is 0.152. The molecule has 0 saturated carbocycles. The zero-order chi connectivity index (χ0) is 10.7. The largest absolute Gasteiger partial charge is 0.394 e. The van der Waals surface area contributed by atoms with Crippen LogP contribution in [-0.2, 0) is 4.74 Å². The van der Waals surface area contributed by atoms with Crippen molar-refractivity contribution in [3.8, 4) is 0 Å². The summed E-state index contributed by atoms with van der Waals surface area (Å²) in [6.07, 6.45) is 0.859. The van der Waals surface area contributed by atoms with E-state index >= 15 is 0 Å². The van der Waals surface area contributed by atoms with Gasteiger partial charge in [-0.2, -0.15) is 0 Å². The normalized spacial score (nSPS) is 25.5. The first kappa shape index (κ1) is 10.5. The number of aliphatic hydroxyl groups excluding tert-OH is 1. The number of hydrogen-bond donors (Lipinski definition) is 2. The van der Waals surface area contributed by atoms with Gasteiger partial charge in [-0.05, 0) is 25.0 Å². The molecule has 1 aliphatic rings. The fourth-order valence-electron chi connectivity index (χ4n) is 1.87. The lowest BCUT2D eigenvalue weighted by Gasteiger charge is -2.28. The van der Waals surface area contributed by atoms with Crippen molar-refractivity contribution >= 4 is 5.69 Å². The van der Waals surface area contributed by atoms with Crippen LogP contribution in [0.25, 0.3) is 0 Å². The third kappa shape index (κ3) is 2.13. The molecule has 1 aliphatic heterocycles. The van der Waals surface area contributed by atoms with Crippen molar-refractivity contribution in [2.24, 2.45) is 0 Å². The maximum absolute atomic E-state index is 9.43. The Morgan fingerprint density at radius 2 is 2.27 bits per heavy atom. The summed E-state index contributed by atoms with van der Waals surface area (Å²) in [6, 6.07) is 8.10. The fourth-order valence-corrected chi connectivity index (χ4v) is 1.87. The molecule has 2 N–H and O–H groups in total. The molecule has 1 saturated heterocycles. The highest BCUT2D eigenvalue weighted by molar-refractivity contribution is 5.52. The number of rotatable bonds is 3. The van der Waals surface area contributed by atoms with Gasteiger partial charge in [-0.1, -0.05) is 18.2 Å². The van der Waals surface area contributed by atoms with Gasteiger partial charge in [0.05, 0.1) is 18.8 Å². The summed E-state index contributed by atoms with van der Waals surface area (Å²) < 4.78 is 5.34. The molecule has 1 atom stereocenters. The van der Waals surface area contributed by atoms with Crippen LogP contribution in [0.5, 0.6) is 0 Å². The van der Waals surface area contributed by atoms with Crippen LogP contribution in [0.3, 0.4) is 0 Å². The fraction of sp³-hybridized carbons (Fsp3) is 0.500. The van der Waals surface area contributed by atoms with Crippen molar-refractivity contribution in [1.29, 1.82) is 0 Å². The Morgan fingerprint density at radius 3 is 2.87 bits per heavy atom. The van der Waals surface area contributed by atoms with Gasteiger partial charge in [0.15, 0.2) is 0 Å². The van der Waals surface area contributed by atoms with Crippen LogP contribution in [-0.4, -0.2) is 30.5 Å². The van der Waals surface area contributed by atoms with E-state index in [9.17, 15) is 5.11 Å². The van der Waals surface area contributed by atoms with Crippen molar-refractivity contribution in [1.82, 2.24) is 0 Å². The minimum absolute atomic E-state index is 0.112. The molecule has 0 spiro atoms. The Hall–Kier alpha value is -1.06. The van der Waals surface area contributed by atoms with Gasteiger partial charge in [0.1, 0.15) is 0 Å². The van der Waals surface area contributed by atoms with Gasteiger partial charge in [-0.25, -0.2) is 0 Å². The van der Waals surface area contributed by atoms with Crippen LogP contribution < -0.4 is 5.32 Å². The van der Waals surface area contributed by atoms with E-state index in [2.05, 4.69) is 18.3 Å². The van der Waals surface area contributed by atoms with Crippen molar-refractivity contribution in [2.45, 2.75) is 18.9 Å². The van der Waals surface area contributed by atoms with Gasteiger partial charge in [0, 0.05) is 12.3 Å². The average Bonchev–Trinajstić information content (AvgIpc) is 2.71. The summed E-state index contributed by atoms with van der Waals surface area (Å²) in [5.41, 5.74) is 1.99. The summed E-state index contributed by atoms with van der Waals surface area (Å²) in [5, 5.41) is 12.8. The summed E-state index contributed by atoms with van der Waals surface area (Å²) >= 11 is 0. The van der Waals surface area contributed by atoms with E-state index in [0.29, 0.717) is 6.61 Å². The molecule has 0 bridgehead atoms. The molecule has 82 valence electrons. The summed E-state index contributed by atoms with van der Waals surface area (Å²) in [7, 11) is 0. The first-order chi connectivity index (χ1) is 7.26. The molecule has 2 rings (SSSR count). The van der Waals surface area contributed by atoms with Gasteiger partial charge in [-0.3, -0.25) is 0 Å². The number of aryl methyl sites for hydroxylation is 1. The minimum Gasteiger partial charge on any atom is -0.394 e. The molecule has 15 heavy (non-hydrogen) atoms. The molecule has 1 fully saturated rings. The Bertz CT molecular complexity index is 332. The van der Waals surface area contributed by atoms with Crippen LogP contribution in [0.4, 0.5) is 5.69 Å². The van der Waals surface area contributed by atoms with Crippen LogP contribution in [0.15, 0.2) is 24.3 Å². The molecule has 1 aromatic carbocycles. The molecule has 0 radical (unpaired) electrons. The predicted molar refractivity (Wildman–Crippen MR) is 60.1 cm³/mol. The first-order valence-electron chi connectivity index (χ1n) is 5.28. The van der Waals surface area contributed by atoms with E-state index in [1.165, 1.54) is 5.56 Å². The zero-order valence-electron chi connectivity index (χ0n) is 8.99. The molecule has 3 heteroatoms. The van der Waals surface area contributed by atoms with Crippen molar-refractivity contribution in [2.75, 3.05) is 25.1 Å². The van der Waals surface area contributed by atoms with Crippen LogP contribution in [0.2, 0.25) is 0 Å². The molecule has 1 aromatic rings. The quantitative estimate of drug-likeness (QED) is 0.790. The Morgan fingerprint density at radius 1 is 1.47 bits per heavy atom. The van der Waals surface area contributed by atoms with E-state index in [-0.39, 0.29) is 12.1 Å². The van der Waals surface area contributed by atoms with Crippen molar-refractivity contribution in [3.63, 3.8) is 0 Å². The molecule has 3 nitrogen and oxygen atoms in total. The highest BCUT2D eigenvalue weighted by Crippen LogP contribution is 2.25. The highest BCUT2D eigenvalue weighted by Gasteiger charge is 2.34. The number of hydrogen-bond acceptors (Lipinski definition) is 3. The van der Waals surface area contributed by atoms with E-state index in [4.69, 9.17) is 4.74 Å². The van der Waals surface area contributed by atoms with Gasteiger partial charge < -0.3 is 15.2 Å². The number of nitrogens with one attached hydrogen (secondary N) is 1. The van der Waals surface area contributed by atoms with Gasteiger partial charge >= 0.3 is 0 Å². The lowest BCUT2D eigenvalue weighted by Crippen LogP contribution is -2.42. The SMILES string of the molecule is Cc1ccccc1NC1(CO)CCOC1. The molecule has 1 heterocycles. The first-order valence-corrected chi connectivity index (χ1v) is 5.28. The lowest BCUT2D eigenvalue weighted by atomic mass is 9.99. The van der Waals surface area contributed by atoms with Gasteiger partial charge in [0.25, 0.3) is 0 Å². The third-order valence-electron chi connectivity index (χ3n) is 2.95. The molecular formula is C12H17NO2. The molecular weight excluding hydrogens is 190 g/mol. The Labute approximate surface area is 90.1 Å². The molecule has 0 aromatic heterocycles. The maximum Gasteiger partial charge on any atom is 0.0859 e. The minimum atomic E-state index is -0.286. The van der Waals surface area contributed by atoms with Crippen LogP contribution in [0, 0.1) is 6.92 Å². The number of anilines is 1. The van der Waals surface area contributed by atoms with Crippen LogP contribution >= 0.6 is 0 Å². The zero-order valence-corrected chi connectivity index (χ0v) is 8.99. The molecule has 1 unspecified atom stereocenters. The number of aliphatic hydroxyl groups is 1. The summed E-state index contributed by atoms with van der Waals surface area (Å²) in [4.78, 5) is 0. The van der Waals surface area contributed by atoms with E-state index in [0.717, 1.165) is 18.7 Å². The Kier molecular flexibility index (Phi) is 2.93. The topological polar surface area (TPSA) is 41.5 Å².